The minimum absolute atomic E-state index is 0.773. The molecule has 1 aliphatic rings. The number of aromatic nitrogens is 3. The van der Waals surface area contributed by atoms with Gasteiger partial charge in [-0.15, -0.1) is 0 Å². The van der Waals surface area contributed by atoms with Crippen molar-refractivity contribution < 1.29 is 0 Å². The van der Waals surface area contributed by atoms with Gasteiger partial charge >= 0.3 is 0 Å². The van der Waals surface area contributed by atoms with Crippen LogP contribution in [0.15, 0.2) is 36.0 Å². The monoisotopic (exact) mass is 310 g/mol. The van der Waals surface area contributed by atoms with Crippen LogP contribution in [0.2, 0.25) is 0 Å². The molecule has 1 N–H and O–H groups in total. The van der Waals surface area contributed by atoms with Crippen LogP contribution in [0.1, 0.15) is 18.7 Å². The minimum Gasteiger partial charge on any atom is -0.356 e. The average Bonchev–Trinajstić information content (AvgIpc) is 3.08. The lowest BCUT2D eigenvalue weighted by Gasteiger charge is -2.18. The van der Waals surface area contributed by atoms with Crippen LogP contribution in [0.4, 0.5) is 17.3 Å². The van der Waals surface area contributed by atoms with Gasteiger partial charge in [0, 0.05) is 50.4 Å². The molecule has 2 aromatic heterocycles. The smallest absolute Gasteiger partial charge is 0.136 e. The van der Waals surface area contributed by atoms with Crippen LogP contribution in [0.25, 0.3) is 6.20 Å². The zero-order valence-corrected chi connectivity index (χ0v) is 13.7. The molecule has 2 aromatic rings. The quantitative estimate of drug-likeness (QED) is 0.943. The molecular formula is C17H22N6. The van der Waals surface area contributed by atoms with E-state index in [1.54, 1.807) is 13.2 Å². The van der Waals surface area contributed by atoms with E-state index in [1.807, 2.05) is 35.9 Å². The molecule has 1 fully saturated rings. The van der Waals surface area contributed by atoms with Gasteiger partial charge in [0.05, 0.1) is 0 Å². The molecule has 0 aliphatic carbocycles. The number of anilines is 3. The Morgan fingerprint density at radius 1 is 1.26 bits per heavy atom. The molecule has 3 heterocycles. The van der Waals surface area contributed by atoms with Gasteiger partial charge in [0.2, 0.25) is 0 Å². The van der Waals surface area contributed by atoms with Crippen molar-refractivity contribution in [1.29, 1.82) is 0 Å². The normalized spacial score (nSPS) is 15.0. The summed E-state index contributed by atoms with van der Waals surface area (Å²) in [7, 11) is 1.76. The molecule has 0 atom stereocenters. The first-order valence-electron chi connectivity index (χ1n) is 7.85. The van der Waals surface area contributed by atoms with Crippen LogP contribution in [-0.2, 0) is 0 Å². The van der Waals surface area contributed by atoms with Crippen molar-refractivity contribution in [1.82, 2.24) is 14.5 Å². The molecular weight excluding hydrogens is 288 g/mol. The van der Waals surface area contributed by atoms with Crippen LogP contribution < -0.4 is 15.7 Å². The predicted molar refractivity (Wildman–Crippen MR) is 93.8 cm³/mol. The van der Waals surface area contributed by atoms with Gasteiger partial charge in [0.1, 0.15) is 22.9 Å². The molecule has 6 heteroatoms. The van der Waals surface area contributed by atoms with Crippen LogP contribution in [0.3, 0.4) is 0 Å². The van der Waals surface area contributed by atoms with E-state index in [0.29, 0.717) is 0 Å². The molecule has 0 amide bonds. The molecule has 1 aliphatic heterocycles. The zero-order chi connectivity index (χ0) is 16.2. The lowest BCUT2D eigenvalue weighted by molar-refractivity contribution is 0.911. The summed E-state index contributed by atoms with van der Waals surface area (Å²) in [6.45, 7) is 7.84. The first-order chi connectivity index (χ1) is 11.2. The Morgan fingerprint density at radius 2 is 2.04 bits per heavy atom. The minimum atomic E-state index is 0.773. The van der Waals surface area contributed by atoms with Crippen molar-refractivity contribution in [3.8, 4) is 0 Å². The lowest BCUT2D eigenvalue weighted by atomic mass is 10.3. The summed E-state index contributed by atoms with van der Waals surface area (Å²) in [5.74, 6) is 2.57. The summed E-state index contributed by atoms with van der Waals surface area (Å²) in [4.78, 5) is 15.6. The van der Waals surface area contributed by atoms with Crippen LogP contribution in [0.5, 0.6) is 0 Å². The van der Waals surface area contributed by atoms with Crippen molar-refractivity contribution in [3.05, 3.63) is 42.3 Å². The highest BCUT2D eigenvalue weighted by Crippen LogP contribution is 2.22. The van der Waals surface area contributed by atoms with E-state index in [0.717, 1.165) is 41.7 Å². The molecule has 0 radical (unpaired) electrons. The van der Waals surface area contributed by atoms with Crippen LogP contribution in [-0.4, -0.2) is 34.7 Å². The summed E-state index contributed by atoms with van der Waals surface area (Å²) in [6, 6.07) is 5.95. The van der Waals surface area contributed by atoms with E-state index >= 15 is 0 Å². The maximum atomic E-state index is 4.56. The van der Waals surface area contributed by atoms with Gasteiger partial charge in [0.25, 0.3) is 0 Å². The highest BCUT2D eigenvalue weighted by molar-refractivity contribution is 5.59. The third-order valence-corrected chi connectivity index (χ3v) is 3.92. The van der Waals surface area contributed by atoms with Gasteiger partial charge in [-0.3, -0.25) is 4.99 Å². The van der Waals surface area contributed by atoms with Crippen molar-refractivity contribution in [2.24, 2.45) is 4.99 Å². The van der Waals surface area contributed by atoms with Crippen molar-refractivity contribution in [3.63, 3.8) is 0 Å². The highest BCUT2D eigenvalue weighted by atomic mass is 15.2. The van der Waals surface area contributed by atoms with E-state index in [4.69, 9.17) is 0 Å². The van der Waals surface area contributed by atoms with Gasteiger partial charge in [-0.1, -0.05) is 6.58 Å². The fraction of sp³-hybridized carbons (Fsp3) is 0.353. The average molecular weight is 310 g/mol. The van der Waals surface area contributed by atoms with Gasteiger partial charge in [0.15, 0.2) is 0 Å². The standard InChI is InChI=1S/C17H22N6/c1-4-22-10-7-14(11-16(22)18-3)21-15-12-17(20-13(2)19-15)23-8-5-6-9-23/h4,7,10-12H,1,5-6,8-9H2,2-3H3,(H,19,20,21). The molecule has 0 aromatic carbocycles. The molecule has 1 saturated heterocycles. The molecule has 6 nitrogen and oxygen atoms in total. The molecule has 3 rings (SSSR count). The zero-order valence-electron chi connectivity index (χ0n) is 13.7. The SMILES string of the molecule is C=Cn1ccc(Nc2cc(N3CCCC3)nc(C)n2)cc1=NC. The molecule has 0 saturated carbocycles. The fourth-order valence-corrected chi connectivity index (χ4v) is 2.78. The van der Waals surface area contributed by atoms with Crippen LogP contribution >= 0.6 is 0 Å². The Balaban J connectivity index is 1.89. The largest absolute Gasteiger partial charge is 0.356 e. The molecule has 0 spiro atoms. The summed E-state index contributed by atoms with van der Waals surface area (Å²) in [5.41, 5.74) is 1.77. The Labute approximate surface area is 136 Å². The first-order valence-corrected chi connectivity index (χ1v) is 7.85. The Bertz CT molecular complexity index is 771. The lowest BCUT2D eigenvalue weighted by Crippen LogP contribution is -2.20. The third-order valence-electron chi connectivity index (χ3n) is 3.92. The summed E-state index contributed by atoms with van der Waals surface area (Å²) >= 11 is 0. The van der Waals surface area contributed by atoms with Crippen molar-refractivity contribution >= 4 is 23.5 Å². The summed E-state index contributed by atoms with van der Waals surface area (Å²) in [6.07, 6.45) is 6.11. The van der Waals surface area contributed by atoms with Crippen LogP contribution in [0, 0.1) is 6.92 Å². The van der Waals surface area contributed by atoms with E-state index < -0.39 is 0 Å². The van der Waals surface area contributed by atoms with E-state index in [1.165, 1.54) is 12.8 Å². The van der Waals surface area contributed by atoms with Gasteiger partial charge in [-0.25, -0.2) is 9.97 Å². The Kier molecular flexibility index (Phi) is 4.41. The van der Waals surface area contributed by atoms with E-state index in [-0.39, 0.29) is 0 Å². The number of nitrogens with zero attached hydrogens (tertiary/aromatic N) is 5. The number of nitrogens with one attached hydrogen (secondary N) is 1. The fourth-order valence-electron chi connectivity index (χ4n) is 2.78. The molecule has 0 bridgehead atoms. The number of hydrogen-bond donors (Lipinski definition) is 1. The molecule has 0 unspecified atom stereocenters. The van der Waals surface area contributed by atoms with Gasteiger partial charge < -0.3 is 14.8 Å². The number of rotatable bonds is 4. The highest BCUT2D eigenvalue weighted by Gasteiger charge is 2.15. The summed E-state index contributed by atoms with van der Waals surface area (Å²) in [5, 5.41) is 3.35. The maximum absolute atomic E-state index is 4.56. The van der Waals surface area contributed by atoms with Gasteiger partial charge in [-0.05, 0) is 25.8 Å². The first kappa shape index (κ1) is 15.3. The summed E-state index contributed by atoms with van der Waals surface area (Å²) < 4.78 is 1.87. The topological polar surface area (TPSA) is 58.3 Å². The number of aryl methyl sites for hydroxylation is 1. The Morgan fingerprint density at radius 3 is 2.74 bits per heavy atom. The number of hydrogen-bond acceptors (Lipinski definition) is 5. The Hall–Kier alpha value is -2.63. The third kappa shape index (κ3) is 3.41. The van der Waals surface area contributed by atoms with Crippen molar-refractivity contribution in [2.45, 2.75) is 19.8 Å². The maximum Gasteiger partial charge on any atom is 0.136 e. The second-order valence-corrected chi connectivity index (χ2v) is 5.56. The molecule has 120 valence electrons. The van der Waals surface area contributed by atoms with Crippen molar-refractivity contribution in [2.75, 3.05) is 30.4 Å². The second-order valence-electron chi connectivity index (χ2n) is 5.56. The predicted octanol–water partition coefficient (Wildman–Crippen LogP) is 2.56. The number of pyridine rings is 1. The molecule has 23 heavy (non-hydrogen) atoms. The van der Waals surface area contributed by atoms with E-state index in [9.17, 15) is 0 Å². The van der Waals surface area contributed by atoms with Gasteiger partial charge in [-0.2, -0.15) is 0 Å². The second kappa shape index (κ2) is 6.64. The van der Waals surface area contributed by atoms with E-state index in [2.05, 4.69) is 31.8 Å².